The quantitative estimate of drug-likeness (QED) is 0.585. The Bertz CT molecular complexity index is 798. The number of nitrogens with zero attached hydrogens (tertiary/aromatic N) is 2. The number of nitrogens with one attached hydrogen (secondary N) is 2. The Kier molecular flexibility index (Phi) is 9.64. The largest absolute Gasteiger partial charge is 0.445 e. The maximum atomic E-state index is 13.5. The SMILES string of the molecule is CC(C)N[C@@]12CCN(C1)C(=O)OCC=CCOC(=O)N(C)CC[C@@](C)(C(=O)C(C)C)NCC2=O. The van der Waals surface area contributed by atoms with Crippen LogP contribution in [0.2, 0.25) is 0 Å². The minimum absolute atomic E-state index is 0.0176. The Morgan fingerprint density at radius 1 is 1.03 bits per heavy atom. The average Bonchev–Trinajstić information content (AvgIpc) is 3.21. The molecule has 0 unspecified atom stereocenters. The molecule has 0 saturated carbocycles. The lowest BCUT2D eigenvalue weighted by Crippen LogP contribution is -2.62. The number of ketones is 2. The van der Waals surface area contributed by atoms with Crippen molar-refractivity contribution in [3.63, 3.8) is 0 Å². The van der Waals surface area contributed by atoms with Gasteiger partial charge in [0.2, 0.25) is 0 Å². The lowest BCUT2D eigenvalue weighted by molar-refractivity contribution is -0.129. The number of ether oxygens (including phenoxy) is 2. The van der Waals surface area contributed by atoms with E-state index in [-0.39, 0.29) is 56.4 Å². The van der Waals surface area contributed by atoms with Crippen molar-refractivity contribution in [2.24, 2.45) is 5.92 Å². The molecule has 10 nitrogen and oxygen atoms in total. The molecule has 0 aliphatic carbocycles. The van der Waals surface area contributed by atoms with Crippen LogP contribution >= 0.6 is 0 Å². The fraction of sp³-hybridized carbons (Fsp3) is 0.750. The Morgan fingerprint density at radius 3 is 2.24 bits per heavy atom. The van der Waals surface area contributed by atoms with Crippen LogP contribution in [0.15, 0.2) is 12.2 Å². The molecule has 2 atom stereocenters. The highest BCUT2D eigenvalue weighted by molar-refractivity contribution is 5.94. The first-order chi connectivity index (χ1) is 15.9. The summed E-state index contributed by atoms with van der Waals surface area (Å²) in [5, 5.41) is 6.56. The van der Waals surface area contributed by atoms with Crippen LogP contribution in [0, 0.1) is 5.92 Å². The first kappa shape index (κ1) is 27.8. The molecule has 0 aromatic heterocycles. The van der Waals surface area contributed by atoms with Crippen LogP contribution in [-0.4, -0.2) is 97.1 Å². The molecular weight excluding hydrogens is 440 g/mol. The van der Waals surface area contributed by atoms with Crippen LogP contribution in [0.5, 0.6) is 0 Å². The molecule has 10 heteroatoms. The summed E-state index contributed by atoms with van der Waals surface area (Å²) in [6, 6.07) is 0.0176. The highest BCUT2D eigenvalue weighted by atomic mass is 16.6. The number of cyclic esters (lactones) is 2. The maximum absolute atomic E-state index is 13.5. The molecule has 1 saturated heterocycles. The molecule has 0 aromatic carbocycles. The maximum Gasteiger partial charge on any atom is 0.410 e. The highest BCUT2D eigenvalue weighted by Crippen LogP contribution is 2.25. The van der Waals surface area contributed by atoms with Crippen LogP contribution in [0.3, 0.4) is 0 Å². The number of hydrogen-bond acceptors (Lipinski definition) is 8. The Balaban J connectivity index is 2.32. The summed E-state index contributed by atoms with van der Waals surface area (Å²) in [7, 11) is 1.60. The van der Waals surface area contributed by atoms with Crippen LogP contribution in [0.25, 0.3) is 0 Å². The van der Waals surface area contributed by atoms with Crippen molar-refractivity contribution in [3.05, 3.63) is 12.2 Å². The molecule has 0 radical (unpaired) electrons. The van der Waals surface area contributed by atoms with E-state index in [9.17, 15) is 19.2 Å². The molecule has 34 heavy (non-hydrogen) atoms. The van der Waals surface area contributed by atoms with E-state index in [1.165, 1.54) is 9.80 Å². The Hall–Kier alpha value is -2.46. The van der Waals surface area contributed by atoms with Crippen molar-refractivity contribution in [1.82, 2.24) is 20.4 Å². The van der Waals surface area contributed by atoms with Crippen molar-refractivity contribution >= 4 is 23.8 Å². The predicted octanol–water partition coefficient (Wildman–Crippen LogP) is 1.74. The average molecular weight is 481 g/mol. The number of Topliss-reactive ketones (excluding diaryl/α,β-unsaturated/α-hetero) is 2. The zero-order valence-electron chi connectivity index (χ0n) is 21.3. The third-order valence-corrected chi connectivity index (χ3v) is 6.37. The molecule has 1 fully saturated rings. The van der Waals surface area contributed by atoms with Gasteiger partial charge in [0.1, 0.15) is 13.2 Å². The molecule has 2 aliphatic rings. The Morgan fingerprint density at radius 2 is 1.65 bits per heavy atom. The smallest absolute Gasteiger partial charge is 0.410 e. The van der Waals surface area contributed by atoms with Gasteiger partial charge in [-0.15, -0.1) is 0 Å². The van der Waals surface area contributed by atoms with Gasteiger partial charge in [-0.3, -0.25) is 14.9 Å². The minimum Gasteiger partial charge on any atom is -0.445 e. The van der Waals surface area contributed by atoms with E-state index in [0.717, 1.165) is 0 Å². The molecular formula is C24H40N4O6. The van der Waals surface area contributed by atoms with E-state index >= 15 is 0 Å². The predicted molar refractivity (Wildman–Crippen MR) is 128 cm³/mol. The molecule has 2 rings (SSSR count). The first-order valence-electron chi connectivity index (χ1n) is 11.9. The minimum atomic E-state index is -1.01. The zero-order chi connectivity index (χ0) is 25.5. The second-order valence-corrected chi connectivity index (χ2v) is 9.98. The second kappa shape index (κ2) is 11.8. The number of amides is 2. The van der Waals surface area contributed by atoms with Crippen molar-refractivity contribution in [2.75, 3.05) is 46.4 Å². The molecule has 2 amide bonds. The van der Waals surface area contributed by atoms with Gasteiger partial charge in [-0.25, -0.2) is 9.59 Å². The first-order valence-corrected chi connectivity index (χ1v) is 11.9. The molecule has 2 aliphatic heterocycles. The third kappa shape index (κ3) is 7.02. The van der Waals surface area contributed by atoms with Gasteiger partial charge in [-0.05, 0) is 45.8 Å². The molecule has 0 aromatic rings. The fourth-order valence-electron chi connectivity index (χ4n) is 4.38. The van der Waals surface area contributed by atoms with E-state index in [2.05, 4.69) is 10.6 Å². The van der Waals surface area contributed by atoms with Crippen LogP contribution in [0.1, 0.15) is 47.5 Å². The number of rotatable bonds is 4. The van der Waals surface area contributed by atoms with Gasteiger partial charge < -0.3 is 24.6 Å². The lowest BCUT2D eigenvalue weighted by atomic mass is 9.84. The summed E-state index contributed by atoms with van der Waals surface area (Å²) in [5.41, 5.74) is -1.94. The van der Waals surface area contributed by atoms with E-state index in [0.29, 0.717) is 19.4 Å². The molecule has 2 N–H and O–H groups in total. The van der Waals surface area contributed by atoms with Gasteiger partial charge in [0, 0.05) is 38.6 Å². The lowest BCUT2D eigenvalue weighted by Gasteiger charge is -2.35. The van der Waals surface area contributed by atoms with Crippen molar-refractivity contribution in [1.29, 1.82) is 0 Å². The number of carbonyl (C=O) groups excluding carboxylic acids is 4. The molecule has 2 bridgehead atoms. The van der Waals surface area contributed by atoms with Gasteiger partial charge >= 0.3 is 12.2 Å². The van der Waals surface area contributed by atoms with Crippen molar-refractivity contribution < 1.29 is 28.7 Å². The van der Waals surface area contributed by atoms with Crippen LogP contribution in [0.4, 0.5) is 9.59 Å². The Labute approximate surface area is 202 Å². The van der Waals surface area contributed by atoms with E-state index in [4.69, 9.17) is 9.47 Å². The summed E-state index contributed by atoms with van der Waals surface area (Å²) in [5.74, 6) is -0.415. The van der Waals surface area contributed by atoms with Gasteiger partial charge in [0.25, 0.3) is 0 Å². The van der Waals surface area contributed by atoms with Crippen LogP contribution in [-0.2, 0) is 19.1 Å². The van der Waals surface area contributed by atoms with E-state index in [1.807, 2.05) is 27.7 Å². The normalized spacial score (nSPS) is 28.1. The summed E-state index contributed by atoms with van der Waals surface area (Å²) in [4.78, 5) is 54.4. The molecule has 2 heterocycles. The number of fused-ring (bicyclic) bond motifs is 2. The van der Waals surface area contributed by atoms with Crippen molar-refractivity contribution in [3.8, 4) is 0 Å². The van der Waals surface area contributed by atoms with E-state index in [1.54, 1.807) is 26.1 Å². The van der Waals surface area contributed by atoms with E-state index < -0.39 is 23.3 Å². The highest BCUT2D eigenvalue weighted by Gasteiger charge is 2.47. The summed E-state index contributed by atoms with van der Waals surface area (Å²) >= 11 is 0. The summed E-state index contributed by atoms with van der Waals surface area (Å²) in [6.07, 6.45) is 2.96. The zero-order valence-corrected chi connectivity index (χ0v) is 21.3. The molecule has 0 spiro atoms. The standard InChI is InChI=1S/C24H40N4O6/c1-17(2)20(30)23(5)9-11-27(6)21(31)33-13-7-8-14-34-22(32)28-12-10-24(16-28,26-18(3)4)19(29)15-25-23/h7-8,17-18,25-26H,9-16H2,1-6H3/t23-,24-/m0/s1. The monoisotopic (exact) mass is 480 g/mol. The second-order valence-electron chi connectivity index (χ2n) is 9.98. The van der Waals surface area contributed by atoms with Crippen LogP contribution < -0.4 is 10.6 Å². The topological polar surface area (TPSA) is 117 Å². The molecule has 192 valence electrons. The fourth-order valence-corrected chi connectivity index (χ4v) is 4.38. The number of hydrogen-bond donors (Lipinski definition) is 2. The summed E-state index contributed by atoms with van der Waals surface area (Å²) < 4.78 is 10.5. The van der Waals surface area contributed by atoms with Gasteiger partial charge in [-0.2, -0.15) is 0 Å². The van der Waals surface area contributed by atoms with Gasteiger partial charge in [-0.1, -0.05) is 13.8 Å². The summed E-state index contributed by atoms with van der Waals surface area (Å²) in [6.45, 7) is 10.2. The van der Waals surface area contributed by atoms with Crippen molar-refractivity contribution in [2.45, 2.75) is 64.6 Å². The van der Waals surface area contributed by atoms with Gasteiger partial charge in [0.05, 0.1) is 17.6 Å². The van der Waals surface area contributed by atoms with Gasteiger partial charge in [0.15, 0.2) is 11.6 Å². The third-order valence-electron chi connectivity index (χ3n) is 6.37. The number of carbonyl (C=O) groups is 4.